The van der Waals surface area contributed by atoms with Gasteiger partial charge < -0.3 is 10.6 Å². The largest absolute Gasteiger partial charge is 0.321 e. The number of anilines is 1. The van der Waals surface area contributed by atoms with Crippen LogP contribution in [0.15, 0.2) is 36.5 Å². The van der Waals surface area contributed by atoms with Crippen LogP contribution in [0.5, 0.6) is 0 Å². The van der Waals surface area contributed by atoms with Gasteiger partial charge in [0.05, 0.1) is 11.9 Å². The molecule has 3 heterocycles. The Bertz CT molecular complexity index is 762. The van der Waals surface area contributed by atoms with Gasteiger partial charge in [-0.3, -0.25) is 9.69 Å². The summed E-state index contributed by atoms with van der Waals surface area (Å²) in [6.45, 7) is 4.19. The summed E-state index contributed by atoms with van der Waals surface area (Å²) in [5.41, 5.74) is 3.95. The molecule has 1 aromatic carbocycles. The van der Waals surface area contributed by atoms with Gasteiger partial charge in [-0.1, -0.05) is 17.7 Å². The molecule has 1 amide bonds. The third-order valence-electron chi connectivity index (χ3n) is 4.77. The van der Waals surface area contributed by atoms with Gasteiger partial charge in [0.2, 0.25) is 0 Å². The summed E-state index contributed by atoms with van der Waals surface area (Å²) in [6, 6.07) is 9.88. The number of nitrogens with zero attached hydrogens (tertiary/aromatic N) is 2. The van der Waals surface area contributed by atoms with Crippen molar-refractivity contribution in [3.8, 4) is 0 Å². The zero-order valence-corrected chi connectivity index (χ0v) is 14.0. The van der Waals surface area contributed by atoms with E-state index in [1.807, 2.05) is 12.1 Å². The van der Waals surface area contributed by atoms with Crippen LogP contribution in [0.1, 0.15) is 27.5 Å². The smallest absolute Gasteiger partial charge is 0.255 e. The van der Waals surface area contributed by atoms with E-state index >= 15 is 0 Å². The van der Waals surface area contributed by atoms with E-state index in [-0.39, 0.29) is 5.91 Å². The molecule has 0 saturated carbocycles. The lowest BCUT2D eigenvalue weighted by atomic mass is 9.90. The summed E-state index contributed by atoms with van der Waals surface area (Å²) >= 11 is 5.77. The lowest BCUT2D eigenvalue weighted by Gasteiger charge is -2.41. The van der Waals surface area contributed by atoms with Crippen LogP contribution in [0, 0.1) is 0 Å². The molecule has 1 unspecified atom stereocenters. The Morgan fingerprint density at radius 1 is 1.29 bits per heavy atom. The fourth-order valence-corrected chi connectivity index (χ4v) is 3.64. The Morgan fingerprint density at radius 3 is 3.04 bits per heavy atom. The van der Waals surface area contributed by atoms with E-state index in [1.165, 1.54) is 11.1 Å². The van der Waals surface area contributed by atoms with E-state index in [1.54, 1.807) is 18.3 Å². The molecule has 4 rings (SSSR count). The molecule has 1 saturated heterocycles. The maximum Gasteiger partial charge on any atom is 0.255 e. The van der Waals surface area contributed by atoms with Gasteiger partial charge in [0.15, 0.2) is 0 Å². The maximum atomic E-state index is 12.5. The third kappa shape index (κ3) is 3.02. The molecule has 2 N–H and O–H groups in total. The number of hydrogen-bond acceptors (Lipinski definition) is 4. The minimum atomic E-state index is -0.119. The zero-order chi connectivity index (χ0) is 16.5. The molecule has 124 valence electrons. The summed E-state index contributed by atoms with van der Waals surface area (Å²) < 4.78 is 0. The quantitative estimate of drug-likeness (QED) is 0.823. The average Bonchev–Trinajstić information content (AvgIpc) is 2.63. The van der Waals surface area contributed by atoms with Crippen molar-refractivity contribution in [1.29, 1.82) is 0 Å². The number of pyridine rings is 1. The molecular formula is C18H19ClN4O. The Kier molecular flexibility index (Phi) is 4.22. The normalized spacial score (nSPS) is 20.1. The van der Waals surface area contributed by atoms with Crippen LogP contribution < -0.4 is 10.6 Å². The molecule has 6 heteroatoms. The van der Waals surface area contributed by atoms with Crippen molar-refractivity contribution in [2.45, 2.75) is 12.5 Å². The number of fused-ring (bicyclic) bond motifs is 3. The summed E-state index contributed by atoms with van der Waals surface area (Å²) in [5.74, 6) is -0.119. The lowest BCUT2D eigenvalue weighted by molar-refractivity contribution is 0.102. The molecule has 0 spiro atoms. The highest BCUT2D eigenvalue weighted by atomic mass is 35.5. The van der Waals surface area contributed by atoms with Crippen LogP contribution in [-0.2, 0) is 6.42 Å². The van der Waals surface area contributed by atoms with Crippen molar-refractivity contribution in [2.24, 2.45) is 0 Å². The second-order valence-corrected chi connectivity index (χ2v) is 6.63. The number of amides is 1. The number of aromatic nitrogens is 1. The molecule has 0 aliphatic carbocycles. The zero-order valence-electron chi connectivity index (χ0n) is 13.3. The highest BCUT2D eigenvalue weighted by molar-refractivity contribution is 6.29. The number of hydrogen-bond donors (Lipinski definition) is 2. The van der Waals surface area contributed by atoms with Gasteiger partial charge in [-0.25, -0.2) is 4.98 Å². The maximum absolute atomic E-state index is 12.5. The van der Waals surface area contributed by atoms with Gasteiger partial charge in [-0.15, -0.1) is 0 Å². The Morgan fingerprint density at radius 2 is 2.21 bits per heavy atom. The molecule has 2 aromatic rings. The SMILES string of the molecule is O=C(Nc1ccc(Cl)nc1)c1ccc2c(c1)CCN1CCNCC21. The van der Waals surface area contributed by atoms with Gasteiger partial charge in [0, 0.05) is 37.8 Å². The number of rotatable bonds is 2. The fraction of sp³-hybridized carbons (Fsp3) is 0.333. The molecule has 24 heavy (non-hydrogen) atoms. The number of benzene rings is 1. The summed E-state index contributed by atoms with van der Waals surface area (Å²) in [6.07, 6.45) is 2.56. The van der Waals surface area contributed by atoms with Crippen molar-refractivity contribution in [1.82, 2.24) is 15.2 Å². The molecule has 0 bridgehead atoms. The molecule has 2 aliphatic rings. The van der Waals surface area contributed by atoms with E-state index in [9.17, 15) is 4.79 Å². The molecule has 1 aromatic heterocycles. The van der Waals surface area contributed by atoms with E-state index in [0.29, 0.717) is 22.4 Å². The van der Waals surface area contributed by atoms with Gasteiger partial charge in [0.25, 0.3) is 5.91 Å². The molecule has 1 atom stereocenters. The minimum Gasteiger partial charge on any atom is -0.321 e. The topological polar surface area (TPSA) is 57.3 Å². The number of carbonyl (C=O) groups is 1. The molecule has 5 nitrogen and oxygen atoms in total. The lowest BCUT2D eigenvalue weighted by Crippen LogP contribution is -2.48. The van der Waals surface area contributed by atoms with Crippen LogP contribution in [0.25, 0.3) is 0 Å². The number of halogens is 1. The standard InChI is InChI=1S/C18H19ClN4O/c19-17-4-2-14(10-21-17)22-18(24)13-1-3-15-12(9-13)5-7-23-8-6-20-11-16(15)23/h1-4,9-10,16,20H,5-8,11H2,(H,22,24). The fourth-order valence-electron chi connectivity index (χ4n) is 3.53. The first-order chi connectivity index (χ1) is 11.7. The second kappa shape index (κ2) is 6.51. The third-order valence-corrected chi connectivity index (χ3v) is 5.00. The van der Waals surface area contributed by atoms with E-state index < -0.39 is 0 Å². The van der Waals surface area contributed by atoms with E-state index in [2.05, 4.69) is 26.6 Å². The van der Waals surface area contributed by atoms with Gasteiger partial charge >= 0.3 is 0 Å². The van der Waals surface area contributed by atoms with Crippen LogP contribution in [0.3, 0.4) is 0 Å². The van der Waals surface area contributed by atoms with Crippen molar-refractivity contribution in [3.05, 3.63) is 58.4 Å². The number of piperazine rings is 1. The first-order valence-corrected chi connectivity index (χ1v) is 8.59. The predicted octanol–water partition coefficient (Wildman–Crippen LogP) is 2.49. The number of nitrogens with one attached hydrogen (secondary N) is 2. The molecule has 1 fully saturated rings. The molecule has 0 radical (unpaired) electrons. The van der Waals surface area contributed by atoms with Gasteiger partial charge in [-0.2, -0.15) is 0 Å². The van der Waals surface area contributed by atoms with Crippen molar-refractivity contribution >= 4 is 23.2 Å². The van der Waals surface area contributed by atoms with Gasteiger partial charge in [-0.05, 0) is 41.8 Å². The Hall–Kier alpha value is -1.95. The monoisotopic (exact) mass is 342 g/mol. The highest BCUT2D eigenvalue weighted by Gasteiger charge is 2.29. The first kappa shape index (κ1) is 15.6. The Labute approximate surface area is 146 Å². The highest BCUT2D eigenvalue weighted by Crippen LogP contribution is 2.31. The predicted molar refractivity (Wildman–Crippen MR) is 94.5 cm³/mol. The van der Waals surface area contributed by atoms with E-state index in [4.69, 9.17) is 11.6 Å². The minimum absolute atomic E-state index is 0.119. The van der Waals surface area contributed by atoms with Crippen LogP contribution in [-0.4, -0.2) is 42.0 Å². The average molecular weight is 343 g/mol. The summed E-state index contributed by atoms with van der Waals surface area (Å²) in [5, 5.41) is 6.74. The summed E-state index contributed by atoms with van der Waals surface area (Å²) in [4.78, 5) is 19.0. The Balaban J connectivity index is 1.54. The van der Waals surface area contributed by atoms with Crippen molar-refractivity contribution in [3.63, 3.8) is 0 Å². The molecule has 2 aliphatic heterocycles. The van der Waals surface area contributed by atoms with Crippen LogP contribution >= 0.6 is 11.6 Å². The van der Waals surface area contributed by atoms with Crippen LogP contribution in [0.4, 0.5) is 5.69 Å². The van der Waals surface area contributed by atoms with Gasteiger partial charge in [0.1, 0.15) is 5.15 Å². The van der Waals surface area contributed by atoms with Crippen LogP contribution in [0.2, 0.25) is 5.15 Å². The first-order valence-electron chi connectivity index (χ1n) is 8.21. The second-order valence-electron chi connectivity index (χ2n) is 6.24. The molecular weight excluding hydrogens is 324 g/mol. The van der Waals surface area contributed by atoms with E-state index in [0.717, 1.165) is 32.6 Å². The van der Waals surface area contributed by atoms with Crippen molar-refractivity contribution < 1.29 is 4.79 Å². The van der Waals surface area contributed by atoms with Crippen molar-refractivity contribution in [2.75, 3.05) is 31.5 Å². The number of carbonyl (C=O) groups excluding carboxylic acids is 1. The summed E-state index contributed by atoms with van der Waals surface area (Å²) in [7, 11) is 0.